The summed E-state index contributed by atoms with van der Waals surface area (Å²) in [5.74, 6) is 0. The maximum absolute atomic E-state index is 8.65. The number of pyridine rings is 1. The molecule has 0 aliphatic carbocycles. The van der Waals surface area contributed by atoms with Crippen LogP contribution in [-0.4, -0.2) is 17.6 Å². The van der Waals surface area contributed by atoms with E-state index in [1.807, 2.05) is 12.1 Å². The molecule has 3 heteroatoms. The van der Waals surface area contributed by atoms with E-state index in [-0.39, 0.29) is 0 Å². The number of rotatable bonds is 4. The molecule has 0 spiro atoms. The highest BCUT2D eigenvalue weighted by Gasteiger charge is 2.09. The highest BCUT2D eigenvalue weighted by Crippen LogP contribution is 2.16. The van der Waals surface area contributed by atoms with Gasteiger partial charge in [0.25, 0.3) is 0 Å². The predicted molar refractivity (Wildman–Crippen MR) is 61.7 cm³/mol. The second-order valence-electron chi connectivity index (χ2n) is 3.80. The molecule has 80 valence electrons. The lowest BCUT2D eigenvalue weighted by Crippen LogP contribution is -2.31. The molecule has 0 N–H and O–H groups in total. The first-order valence-electron chi connectivity index (χ1n) is 5.31. The molecule has 0 saturated heterocycles. The third-order valence-corrected chi connectivity index (χ3v) is 2.28. The second-order valence-corrected chi connectivity index (χ2v) is 3.80. The highest BCUT2D eigenvalue weighted by molar-refractivity contribution is 5.46. The summed E-state index contributed by atoms with van der Waals surface area (Å²) in [4.78, 5) is 6.37. The highest BCUT2D eigenvalue weighted by atomic mass is 15.2. The maximum Gasteiger partial charge on any atom is 0.140 e. The van der Waals surface area contributed by atoms with Crippen LogP contribution in [0.3, 0.4) is 0 Å². The lowest BCUT2D eigenvalue weighted by Gasteiger charge is -2.28. The molecule has 0 aliphatic rings. The van der Waals surface area contributed by atoms with Gasteiger partial charge in [-0.25, -0.2) is 4.98 Å². The van der Waals surface area contributed by atoms with E-state index in [0.29, 0.717) is 11.7 Å². The molecule has 15 heavy (non-hydrogen) atoms. The molecule has 0 amide bonds. The number of anilines is 1. The minimum absolute atomic E-state index is 0.458. The SMILES string of the molecule is CCCN(c1ccc(C#N)nc1)C(C)C. The van der Waals surface area contributed by atoms with Gasteiger partial charge in [-0.05, 0) is 32.4 Å². The van der Waals surface area contributed by atoms with Gasteiger partial charge in [0.1, 0.15) is 11.8 Å². The topological polar surface area (TPSA) is 39.9 Å². The van der Waals surface area contributed by atoms with Gasteiger partial charge in [-0.1, -0.05) is 6.92 Å². The predicted octanol–water partition coefficient (Wildman–Crippen LogP) is 2.58. The number of hydrogen-bond acceptors (Lipinski definition) is 3. The molecule has 1 heterocycles. The fourth-order valence-corrected chi connectivity index (χ4v) is 1.55. The van der Waals surface area contributed by atoms with Gasteiger partial charge in [0, 0.05) is 12.6 Å². The van der Waals surface area contributed by atoms with Crippen LogP contribution in [0.2, 0.25) is 0 Å². The molecular formula is C12H17N3. The van der Waals surface area contributed by atoms with Crippen molar-refractivity contribution >= 4 is 5.69 Å². The van der Waals surface area contributed by atoms with Gasteiger partial charge >= 0.3 is 0 Å². The van der Waals surface area contributed by atoms with Crippen LogP contribution in [0.1, 0.15) is 32.9 Å². The Morgan fingerprint density at radius 3 is 2.60 bits per heavy atom. The van der Waals surface area contributed by atoms with Gasteiger partial charge in [0.05, 0.1) is 11.9 Å². The Balaban J connectivity index is 2.87. The fraction of sp³-hybridized carbons (Fsp3) is 0.500. The first kappa shape index (κ1) is 11.5. The summed E-state index contributed by atoms with van der Waals surface area (Å²) >= 11 is 0. The average Bonchev–Trinajstić information content (AvgIpc) is 2.26. The van der Waals surface area contributed by atoms with Crippen molar-refractivity contribution < 1.29 is 0 Å². The van der Waals surface area contributed by atoms with Crippen LogP contribution in [0, 0.1) is 11.3 Å². The van der Waals surface area contributed by atoms with Crippen molar-refractivity contribution in [3.8, 4) is 6.07 Å². The Bertz CT molecular complexity index is 335. The number of nitrogens with zero attached hydrogens (tertiary/aromatic N) is 3. The Kier molecular flexibility index (Phi) is 4.11. The summed E-state index contributed by atoms with van der Waals surface area (Å²) in [5.41, 5.74) is 1.56. The molecular weight excluding hydrogens is 186 g/mol. The fourth-order valence-electron chi connectivity index (χ4n) is 1.55. The van der Waals surface area contributed by atoms with Crippen molar-refractivity contribution in [2.75, 3.05) is 11.4 Å². The summed E-state index contributed by atoms with van der Waals surface area (Å²) in [7, 11) is 0. The second kappa shape index (κ2) is 5.35. The van der Waals surface area contributed by atoms with Crippen LogP contribution in [-0.2, 0) is 0 Å². The quantitative estimate of drug-likeness (QED) is 0.755. The van der Waals surface area contributed by atoms with E-state index in [1.165, 1.54) is 0 Å². The van der Waals surface area contributed by atoms with E-state index in [2.05, 4.69) is 30.7 Å². The third kappa shape index (κ3) is 2.95. The van der Waals surface area contributed by atoms with Gasteiger partial charge in [0.15, 0.2) is 0 Å². The summed E-state index contributed by atoms with van der Waals surface area (Å²) in [6.45, 7) is 7.50. The molecule has 0 atom stereocenters. The van der Waals surface area contributed by atoms with Crippen LogP contribution < -0.4 is 4.90 Å². The van der Waals surface area contributed by atoms with Crippen LogP contribution in [0.4, 0.5) is 5.69 Å². The normalized spacial score (nSPS) is 10.1. The Hall–Kier alpha value is -1.56. The molecule has 1 aromatic heterocycles. The van der Waals surface area contributed by atoms with Gasteiger partial charge in [0.2, 0.25) is 0 Å². The van der Waals surface area contributed by atoms with E-state index < -0.39 is 0 Å². The molecule has 1 aromatic rings. The van der Waals surface area contributed by atoms with Crippen molar-refractivity contribution in [2.24, 2.45) is 0 Å². The van der Waals surface area contributed by atoms with Gasteiger partial charge < -0.3 is 4.90 Å². The van der Waals surface area contributed by atoms with E-state index in [1.54, 1.807) is 12.3 Å². The van der Waals surface area contributed by atoms with Crippen molar-refractivity contribution in [1.29, 1.82) is 5.26 Å². The van der Waals surface area contributed by atoms with E-state index in [0.717, 1.165) is 18.7 Å². The summed E-state index contributed by atoms with van der Waals surface area (Å²) in [6, 6.07) is 6.21. The standard InChI is InChI=1S/C12H17N3/c1-4-7-15(10(2)3)12-6-5-11(8-13)14-9-12/h5-6,9-10H,4,7H2,1-3H3. The van der Waals surface area contributed by atoms with Gasteiger partial charge in [-0.15, -0.1) is 0 Å². The Labute approximate surface area is 91.4 Å². The number of nitriles is 1. The third-order valence-electron chi connectivity index (χ3n) is 2.28. The summed E-state index contributed by atoms with van der Waals surface area (Å²) in [6.07, 6.45) is 2.88. The van der Waals surface area contributed by atoms with E-state index in [4.69, 9.17) is 5.26 Å². The Morgan fingerprint density at radius 1 is 1.47 bits per heavy atom. The van der Waals surface area contributed by atoms with E-state index in [9.17, 15) is 0 Å². The molecule has 0 unspecified atom stereocenters. The minimum atomic E-state index is 0.458. The van der Waals surface area contributed by atoms with Crippen molar-refractivity contribution in [3.05, 3.63) is 24.0 Å². The van der Waals surface area contributed by atoms with Crippen LogP contribution in [0.5, 0.6) is 0 Å². The minimum Gasteiger partial charge on any atom is -0.368 e. The lowest BCUT2D eigenvalue weighted by atomic mass is 10.2. The molecule has 0 saturated carbocycles. The van der Waals surface area contributed by atoms with Crippen LogP contribution in [0.15, 0.2) is 18.3 Å². The maximum atomic E-state index is 8.65. The van der Waals surface area contributed by atoms with Crippen LogP contribution >= 0.6 is 0 Å². The average molecular weight is 203 g/mol. The van der Waals surface area contributed by atoms with Gasteiger partial charge in [-0.2, -0.15) is 5.26 Å². The number of hydrogen-bond donors (Lipinski definition) is 0. The largest absolute Gasteiger partial charge is 0.368 e. The molecule has 0 fully saturated rings. The zero-order valence-corrected chi connectivity index (χ0v) is 9.57. The van der Waals surface area contributed by atoms with Gasteiger partial charge in [-0.3, -0.25) is 0 Å². The summed E-state index contributed by atoms with van der Waals surface area (Å²) < 4.78 is 0. The van der Waals surface area contributed by atoms with Crippen molar-refractivity contribution in [2.45, 2.75) is 33.2 Å². The zero-order chi connectivity index (χ0) is 11.3. The monoisotopic (exact) mass is 203 g/mol. The molecule has 0 radical (unpaired) electrons. The first-order valence-corrected chi connectivity index (χ1v) is 5.31. The smallest absolute Gasteiger partial charge is 0.140 e. The summed E-state index contributed by atoms with van der Waals surface area (Å²) in [5, 5.41) is 8.65. The first-order chi connectivity index (χ1) is 7.19. The lowest BCUT2D eigenvalue weighted by molar-refractivity contribution is 0.670. The van der Waals surface area contributed by atoms with Crippen molar-refractivity contribution in [3.63, 3.8) is 0 Å². The number of aromatic nitrogens is 1. The molecule has 0 aliphatic heterocycles. The molecule has 1 rings (SSSR count). The molecule has 3 nitrogen and oxygen atoms in total. The molecule has 0 bridgehead atoms. The van der Waals surface area contributed by atoms with Crippen molar-refractivity contribution in [1.82, 2.24) is 4.98 Å². The Morgan fingerprint density at radius 2 is 2.20 bits per heavy atom. The van der Waals surface area contributed by atoms with E-state index >= 15 is 0 Å². The zero-order valence-electron chi connectivity index (χ0n) is 9.57. The van der Waals surface area contributed by atoms with Crippen LogP contribution in [0.25, 0.3) is 0 Å². The molecule has 0 aromatic carbocycles.